The Hall–Kier alpha value is -0.710. The molecule has 0 aliphatic carbocycles. The molecule has 0 spiro atoms. The lowest BCUT2D eigenvalue weighted by atomic mass is 10.2. The largest absolute Gasteiger partial charge is 0.377 e. The lowest BCUT2D eigenvalue weighted by molar-refractivity contribution is 0.0142. The van der Waals surface area contributed by atoms with Gasteiger partial charge in [0.1, 0.15) is 5.69 Å². The second kappa shape index (κ2) is 2.39. The van der Waals surface area contributed by atoms with Crippen LogP contribution in [0.4, 0.5) is 14.5 Å². The van der Waals surface area contributed by atoms with Gasteiger partial charge in [0.25, 0.3) is 0 Å². The van der Waals surface area contributed by atoms with Crippen LogP contribution >= 0.6 is 15.9 Å². The third kappa shape index (κ3) is 1.08. The van der Waals surface area contributed by atoms with E-state index in [0.29, 0.717) is 10.2 Å². The third-order valence-corrected chi connectivity index (χ3v) is 2.14. The Morgan fingerprint density at radius 2 is 2.33 bits per heavy atom. The number of nitrogens with one attached hydrogen (secondary N) is 1. The van der Waals surface area contributed by atoms with Crippen LogP contribution in [-0.4, -0.2) is 11.5 Å². The van der Waals surface area contributed by atoms with Gasteiger partial charge < -0.3 is 5.32 Å². The van der Waals surface area contributed by atoms with E-state index in [1.807, 2.05) is 0 Å². The molecule has 0 aromatic carbocycles. The highest BCUT2D eigenvalue weighted by atomic mass is 79.9. The maximum absolute atomic E-state index is 12.9. The van der Waals surface area contributed by atoms with Crippen LogP contribution in [0.5, 0.6) is 0 Å². The Labute approximate surface area is 76.1 Å². The standard InChI is InChI=1S/C7H5BrF2N2/c8-4-1-5-6(11-2-4)7(9,10)3-12-5/h1-2,12H,3H2. The molecule has 12 heavy (non-hydrogen) atoms. The van der Waals surface area contributed by atoms with Crippen LogP contribution < -0.4 is 5.32 Å². The number of halogens is 3. The van der Waals surface area contributed by atoms with Gasteiger partial charge in [0, 0.05) is 10.7 Å². The first-order chi connectivity index (χ1) is 5.59. The van der Waals surface area contributed by atoms with Crippen LogP contribution in [0.3, 0.4) is 0 Å². The molecule has 5 heteroatoms. The molecule has 1 N–H and O–H groups in total. The van der Waals surface area contributed by atoms with Crippen molar-refractivity contribution in [3.8, 4) is 0 Å². The number of aromatic nitrogens is 1. The lowest BCUT2D eigenvalue weighted by Crippen LogP contribution is -2.16. The van der Waals surface area contributed by atoms with Crippen LogP contribution in [0.1, 0.15) is 5.69 Å². The SMILES string of the molecule is FC1(F)CNc2cc(Br)cnc21. The molecule has 0 atom stereocenters. The first kappa shape index (κ1) is 7.91. The van der Waals surface area contributed by atoms with Gasteiger partial charge in [0.2, 0.25) is 0 Å². The van der Waals surface area contributed by atoms with Crippen molar-refractivity contribution >= 4 is 21.6 Å². The van der Waals surface area contributed by atoms with Crippen molar-refractivity contribution in [3.05, 3.63) is 22.4 Å². The molecular formula is C7H5BrF2N2. The van der Waals surface area contributed by atoms with E-state index < -0.39 is 5.92 Å². The molecule has 1 aromatic heterocycles. The van der Waals surface area contributed by atoms with Crippen molar-refractivity contribution in [2.24, 2.45) is 0 Å². The van der Waals surface area contributed by atoms with Crippen molar-refractivity contribution in [2.45, 2.75) is 5.92 Å². The number of fused-ring (bicyclic) bond motifs is 1. The Morgan fingerprint density at radius 3 is 3.08 bits per heavy atom. The maximum atomic E-state index is 12.9. The summed E-state index contributed by atoms with van der Waals surface area (Å²) >= 11 is 3.16. The monoisotopic (exact) mass is 234 g/mol. The second-order valence-electron chi connectivity index (χ2n) is 2.61. The molecule has 1 aromatic rings. The van der Waals surface area contributed by atoms with E-state index in [4.69, 9.17) is 0 Å². The fourth-order valence-electron chi connectivity index (χ4n) is 1.16. The molecule has 0 amide bonds. The Balaban J connectivity index is 2.55. The molecule has 1 aliphatic heterocycles. The van der Waals surface area contributed by atoms with Gasteiger partial charge in [-0.2, -0.15) is 8.78 Å². The quantitative estimate of drug-likeness (QED) is 0.746. The Bertz CT molecular complexity index is 327. The number of rotatable bonds is 0. The summed E-state index contributed by atoms with van der Waals surface area (Å²) in [6.45, 7) is -0.355. The maximum Gasteiger partial charge on any atom is 0.308 e. The smallest absolute Gasteiger partial charge is 0.308 e. The summed E-state index contributed by atoms with van der Waals surface area (Å²) in [6, 6.07) is 1.60. The predicted molar refractivity (Wildman–Crippen MR) is 44.3 cm³/mol. The average molecular weight is 235 g/mol. The third-order valence-electron chi connectivity index (χ3n) is 1.70. The van der Waals surface area contributed by atoms with Crippen LogP contribution in [0.2, 0.25) is 0 Å². The molecule has 2 nitrogen and oxygen atoms in total. The van der Waals surface area contributed by atoms with Crippen molar-refractivity contribution < 1.29 is 8.78 Å². The van der Waals surface area contributed by atoms with Crippen LogP contribution in [0, 0.1) is 0 Å². The van der Waals surface area contributed by atoms with Gasteiger partial charge in [-0.05, 0) is 22.0 Å². The highest BCUT2D eigenvalue weighted by Crippen LogP contribution is 2.38. The number of hydrogen-bond acceptors (Lipinski definition) is 2. The highest BCUT2D eigenvalue weighted by Gasteiger charge is 2.40. The fourth-order valence-corrected chi connectivity index (χ4v) is 1.49. The topological polar surface area (TPSA) is 24.9 Å². The summed E-state index contributed by atoms with van der Waals surface area (Å²) in [5.74, 6) is -2.82. The summed E-state index contributed by atoms with van der Waals surface area (Å²) in [5, 5.41) is 2.59. The van der Waals surface area contributed by atoms with Crippen molar-refractivity contribution in [3.63, 3.8) is 0 Å². The van der Waals surface area contributed by atoms with Gasteiger partial charge >= 0.3 is 5.92 Å². The van der Waals surface area contributed by atoms with E-state index in [2.05, 4.69) is 26.2 Å². The average Bonchev–Trinajstić information content (AvgIpc) is 2.27. The number of anilines is 1. The molecule has 0 saturated carbocycles. The zero-order valence-electron chi connectivity index (χ0n) is 5.94. The highest BCUT2D eigenvalue weighted by molar-refractivity contribution is 9.10. The fraction of sp³-hybridized carbons (Fsp3) is 0.286. The Morgan fingerprint density at radius 1 is 1.58 bits per heavy atom. The normalized spacial score (nSPS) is 18.6. The van der Waals surface area contributed by atoms with Gasteiger partial charge in [-0.1, -0.05) is 0 Å². The Kier molecular flexibility index (Phi) is 1.57. The summed E-state index contributed by atoms with van der Waals surface area (Å²) in [7, 11) is 0. The minimum absolute atomic E-state index is 0.161. The van der Waals surface area contributed by atoms with Gasteiger partial charge in [-0.15, -0.1) is 0 Å². The minimum atomic E-state index is -2.82. The second-order valence-corrected chi connectivity index (χ2v) is 3.52. The number of pyridine rings is 1. The van der Waals surface area contributed by atoms with Gasteiger partial charge in [0.15, 0.2) is 0 Å². The molecule has 2 rings (SSSR count). The van der Waals surface area contributed by atoms with E-state index in [0.717, 1.165) is 0 Å². The molecule has 0 fully saturated rings. The van der Waals surface area contributed by atoms with E-state index in [1.54, 1.807) is 6.07 Å². The van der Waals surface area contributed by atoms with E-state index in [1.165, 1.54) is 6.20 Å². The van der Waals surface area contributed by atoms with Crippen LogP contribution in [0.15, 0.2) is 16.7 Å². The number of hydrogen-bond donors (Lipinski definition) is 1. The summed E-state index contributed by atoms with van der Waals surface area (Å²) in [4.78, 5) is 3.65. The molecule has 0 radical (unpaired) electrons. The number of alkyl halides is 2. The summed E-state index contributed by atoms with van der Waals surface area (Å²) in [5.41, 5.74) is 0.250. The van der Waals surface area contributed by atoms with Gasteiger partial charge in [-0.3, -0.25) is 4.98 Å². The predicted octanol–water partition coefficient (Wildman–Crippen LogP) is 2.36. The van der Waals surface area contributed by atoms with Crippen molar-refractivity contribution in [1.29, 1.82) is 0 Å². The zero-order chi connectivity index (χ0) is 8.77. The molecule has 0 unspecified atom stereocenters. The number of nitrogens with zero attached hydrogens (tertiary/aromatic N) is 1. The molecular weight excluding hydrogens is 230 g/mol. The first-order valence-electron chi connectivity index (χ1n) is 3.37. The van der Waals surface area contributed by atoms with Crippen LogP contribution in [-0.2, 0) is 5.92 Å². The minimum Gasteiger partial charge on any atom is -0.377 e. The molecule has 64 valence electrons. The molecule has 1 aliphatic rings. The van der Waals surface area contributed by atoms with E-state index in [9.17, 15) is 8.78 Å². The van der Waals surface area contributed by atoms with Crippen LogP contribution in [0.25, 0.3) is 0 Å². The summed E-state index contributed by atoms with van der Waals surface area (Å²) in [6.07, 6.45) is 1.37. The van der Waals surface area contributed by atoms with Crippen molar-refractivity contribution in [2.75, 3.05) is 11.9 Å². The van der Waals surface area contributed by atoms with Gasteiger partial charge in [0.05, 0.1) is 12.2 Å². The van der Waals surface area contributed by atoms with E-state index >= 15 is 0 Å². The zero-order valence-corrected chi connectivity index (χ0v) is 7.53. The summed E-state index contributed by atoms with van der Waals surface area (Å²) < 4.78 is 26.6. The van der Waals surface area contributed by atoms with Crippen molar-refractivity contribution in [1.82, 2.24) is 4.98 Å². The molecule has 0 bridgehead atoms. The van der Waals surface area contributed by atoms with Gasteiger partial charge in [-0.25, -0.2) is 0 Å². The van der Waals surface area contributed by atoms with E-state index in [-0.39, 0.29) is 12.2 Å². The molecule has 0 saturated heterocycles. The lowest BCUT2D eigenvalue weighted by Gasteiger charge is -2.05. The first-order valence-corrected chi connectivity index (χ1v) is 4.16. The molecule has 2 heterocycles.